The number of fused-ring (bicyclic) bond motifs is 4. The second-order valence-corrected chi connectivity index (χ2v) is 10.7. The number of carbonyl (C=O) groups excluding carboxylic acids is 3. The molecule has 0 saturated carbocycles. The molecule has 3 aliphatic heterocycles. The summed E-state index contributed by atoms with van der Waals surface area (Å²) >= 11 is 0. The molecule has 1 aromatic heterocycles. The van der Waals surface area contributed by atoms with Crippen molar-refractivity contribution in [2.24, 2.45) is 10.4 Å². The number of rotatable bonds is 6. The number of imide groups is 2. The number of anilines is 1. The van der Waals surface area contributed by atoms with Crippen LogP contribution < -0.4 is 16.1 Å². The van der Waals surface area contributed by atoms with Crippen molar-refractivity contribution in [3.63, 3.8) is 0 Å². The summed E-state index contributed by atoms with van der Waals surface area (Å²) in [7, 11) is 2.81. The fourth-order valence-corrected chi connectivity index (χ4v) is 6.39. The number of hydrogen-bond donors (Lipinski definition) is 2. The van der Waals surface area contributed by atoms with E-state index in [2.05, 4.69) is 14.9 Å². The summed E-state index contributed by atoms with van der Waals surface area (Å²) < 4.78 is 1.14. The average molecular weight is 551 g/mol. The van der Waals surface area contributed by atoms with Crippen LogP contribution in [-0.4, -0.2) is 74.7 Å². The molecular formula is C28H34N6O6. The molecule has 2 N–H and O–H groups in total. The van der Waals surface area contributed by atoms with E-state index in [9.17, 15) is 29.1 Å². The van der Waals surface area contributed by atoms with Gasteiger partial charge in [0.05, 0.1) is 17.4 Å². The molecule has 212 valence electrons. The molecule has 4 amide bonds. The molecule has 0 radical (unpaired) electrons. The number of unbranched alkanes of at least 4 members (excludes halogenated alkanes) is 1. The topological polar surface area (TPSA) is 148 Å². The van der Waals surface area contributed by atoms with Crippen LogP contribution in [0.4, 0.5) is 16.2 Å². The van der Waals surface area contributed by atoms with Crippen molar-refractivity contribution in [2.75, 3.05) is 25.5 Å². The number of carbonyl (C=O) groups is 3. The van der Waals surface area contributed by atoms with Crippen molar-refractivity contribution < 1.29 is 19.5 Å². The molecule has 4 heterocycles. The maximum absolute atomic E-state index is 13.6. The Kier molecular flexibility index (Phi) is 6.89. The molecule has 2 fully saturated rings. The lowest BCUT2D eigenvalue weighted by molar-refractivity contribution is -0.159. The first-order valence-electron chi connectivity index (χ1n) is 13.7. The van der Waals surface area contributed by atoms with E-state index in [-0.39, 0.29) is 24.6 Å². The number of H-pyrrole nitrogens is 1. The second-order valence-electron chi connectivity index (χ2n) is 10.7. The molecule has 12 nitrogen and oxygen atoms in total. The Bertz CT molecular complexity index is 1530. The van der Waals surface area contributed by atoms with Crippen LogP contribution >= 0.6 is 0 Å². The number of aromatic hydroxyl groups is 1. The van der Waals surface area contributed by atoms with Crippen molar-refractivity contribution in [2.45, 2.75) is 65.0 Å². The number of amides is 4. The molecule has 1 spiro atoms. The highest BCUT2D eigenvalue weighted by Crippen LogP contribution is 2.49. The molecular weight excluding hydrogens is 516 g/mol. The summed E-state index contributed by atoms with van der Waals surface area (Å²) in [6.45, 7) is 4.68. The average Bonchev–Trinajstić information content (AvgIpc) is 3.44. The number of nitrogens with zero attached hydrogens (tertiary/aromatic N) is 5. The van der Waals surface area contributed by atoms with Crippen molar-refractivity contribution in [1.29, 1.82) is 0 Å². The Hall–Kier alpha value is -4.22. The number of benzene rings is 1. The molecule has 1 atom stereocenters. The van der Waals surface area contributed by atoms with E-state index in [0.29, 0.717) is 37.2 Å². The molecule has 40 heavy (non-hydrogen) atoms. The van der Waals surface area contributed by atoms with Gasteiger partial charge in [-0.2, -0.15) is 0 Å². The third kappa shape index (κ3) is 3.96. The van der Waals surface area contributed by atoms with Crippen molar-refractivity contribution in [3.05, 3.63) is 50.2 Å². The molecule has 1 aromatic carbocycles. The number of nitrogens with one attached hydrogen (secondary N) is 1. The Labute approximate surface area is 230 Å². The van der Waals surface area contributed by atoms with E-state index in [1.165, 1.54) is 14.1 Å². The molecule has 5 rings (SSSR count). The van der Waals surface area contributed by atoms with E-state index in [0.717, 1.165) is 38.5 Å². The van der Waals surface area contributed by atoms with Crippen LogP contribution in [0.2, 0.25) is 0 Å². The monoisotopic (exact) mass is 550 g/mol. The quantitative estimate of drug-likeness (QED) is 0.413. The maximum atomic E-state index is 13.6. The zero-order valence-corrected chi connectivity index (χ0v) is 23.2. The SMILES string of the molecule is CCCCn1c(O)c(C(CC)=Nc2ccc3c(c2)CC2(C(=O)N(C)C(=O)N(C)C2=O)[C@H]2CCCN32)c(=O)[nH]c1=O. The van der Waals surface area contributed by atoms with Gasteiger partial charge in [0.2, 0.25) is 17.7 Å². The third-order valence-corrected chi connectivity index (χ3v) is 8.40. The zero-order valence-electron chi connectivity index (χ0n) is 23.2. The van der Waals surface area contributed by atoms with Crippen molar-refractivity contribution >= 4 is 34.9 Å². The number of aliphatic imine (C=N–C) groups is 1. The number of barbiturate groups is 1. The molecule has 3 aliphatic rings. The number of hydrogen-bond acceptors (Lipinski definition) is 8. The van der Waals surface area contributed by atoms with Gasteiger partial charge in [0.15, 0.2) is 5.41 Å². The molecule has 0 aliphatic carbocycles. The Morgan fingerprint density at radius 3 is 2.45 bits per heavy atom. The van der Waals surface area contributed by atoms with Crippen LogP contribution in [0.5, 0.6) is 5.88 Å². The molecule has 2 aromatic rings. The molecule has 12 heteroatoms. The fourth-order valence-electron chi connectivity index (χ4n) is 6.39. The fraction of sp³-hybridized carbons (Fsp3) is 0.500. The highest BCUT2D eigenvalue weighted by Gasteiger charge is 2.63. The van der Waals surface area contributed by atoms with Gasteiger partial charge in [0.25, 0.3) is 5.56 Å². The summed E-state index contributed by atoms with van der Waals surface area (Å²) in [4.78, 5) is 76.0. The number of aromatic nitrogens is 2. The lowest BCUT2D eigenvalue weighted by Gasteiger charge is -2.50. The van der Waals surface area contributed by atoms with Crippen LogP contribution in [0.1, 0.15) is 57.1 Å². The van der Waals surface area contributed by atoms with E-state index in [1.807, 2.05) is 13.0 Å². The van der Waals surface area contributed by atoms with Gasteiger partial charge in [-0.1, -0.05) is 20.3 Å². The van der Waals surface area contributed by atoms with Gasteiger partial charge < -0.3 is 10.0 Å². The Morgan fingerprint density at radius 2 is 1.80 bits per heavy atom. The first-order valence-corrected chi connectivity index (χ1v) is 13.7. The minimum Gasteiger partial charge on any atom is -0.494 e. The predicted molar refractivity (Wildman–Crippen MR) is 148 cm³/mol. The van der Waals surface area contributed by atoms with Crippen molar-refractivity contribution in [3.8, 4) is 5.88 Å². The summed E-state index contributed by atoms with van der Waals surface area (Å²) in [5.41, 5.74) is -0.482. The Morgan fingerprint density at radius 1 is 1.10 bits per heavy atom. The Balaban J connectivity index is 1.61. The van der Waals surface area contributed by atoms with E-state index < -0.39 is 40.4 Å². The smallest absolute Gasteiger partial charge is 0.332 e. The van der Waals surface area contributed by atoms with Gasteiger partial charge >= 0.3 is 11.7 Å². The highest BCUT2D eigenvalue weighted by atomic mass is 16.3. The van der Waals surface area contributed by atoms with Crippen molar-refractivity contribution in [1.82, 2.24) is 19.4 Å². The van der Waals surface area contributed by atoms with Gasteiger partial charge in [-0.25, -0.2) is 9.59 Å². The molecule has 0 bridgehead atoms. The number of aromatic amines is 1. The third-order valence-electron chi connectivity index (χ3n) is 8.40. The lowest BCUT2D eigenvalue weighted by Crippen LogP contribution is -2.70. The van der Waals surface area contributed by atoms with Crippen LogP contribution in [-0.2, 0) is 22.6 Å². The summed E-state index contributed by atoms with van der Waals surface area (Å²) in [5, 5.41) is 10.9. The summed E-state index contributed by atoms with van der Waals surface area (Å²) in [5.74, 6) is -1.43. The minimum absolute atomic E-state index is 0.0635. The van der Waals surface area contributed by atoms with Crippen LogP contribution in [0.15, 0.2) is 32.8 Å². The standard InChI is InChI=1S/C28H34N6O6/c1-5-7-12-34-23(36)21(22(35)30-26(34)39)18(6-2)29-17-10-11-19-16(14-17)15-28(20-9-8-13-33(19)20)24(37)31(3)27(40)32(4)25(28)38/h10-11,14,20,36H,5-9,12-13,15H2,1-4H3,(H,30,35,39)/t20-/m1/s1. The lowest BCUT2D eigenvalue weighted by atomic mass is 9.68. The van der Waals surface area contributed by atoms with Gasteiger partial charge in [0.1, 0.15) is 5.56 Å². The first kappa shape index (κ1) is 27.4. The number of urea groups is 1. The zero-order chi connectivity index (χ0) is 28.9. The van der Waals surface area contributed by atoms with Crippen LogP contribution in [0.3, 0.4) is 0 Å². The highest BCUT2D eigenvalue weighted by molar-refractivity contribution is 6.20. The first-order chi connectivity index (χ1) is 19.1. The van der Waals surface area contributed by atoms with E-state index in [4.69, 9.17) is 0 Å². The minimum atomic E-state index is -1.43. The second kappa shape index (κ2) is 10.1. The van der Waals surface area contributed by atoms with Gasteiger partial charge in [-0.05, 0) is 55.9 Å². The normalized spacial score (nSPS) is 20.4. The predicted octanol–water partition coefficient (Wildman–Crippen LogP) is 2.13. The summed E-state index contributed by atoms with van der Waals surface area (Å²) in [6, 6.07) is 4.48. The van der Waals surface area contributed by atoms with Crippen LogP contribution in [0.25, 0.3) is 0 Å². The molecule has 0 unspecified atom stereocenters. The van der Waals surface area contributed by atoms with E-state index >= 15 is 0 Å². The van der Waals surface area contributed by atoms with Gasteiger partial charge in [-0.3, -0.25) is 38.7 Å². The van der Waals surface area contributed by atoms with Crippen LogP contribution in [0, 0.1) is 5.41 Å². The van der Waals surface area contributed by atoms with E-state index in [1.54, 1.807) is 19.1 Å². The van der Waals surface area contributed by atoms with Gasteiger partial charge in [0, 0.05) is 32.9 Å². The largest absolute Gasteiger partial charge is 0.494 e. The summed E-state index contributed by atoms with van der Waals surface area (Å²) in [6.07, 6.45) is 3.32. The van der Waals surface area contributed by atoms with Gasteiger partial charge in [-0.15, -0.1) is 0 Å². The molecule has 2 saturated heterocycles. The maximum Gasteiger partial charge on any atom is 0.332 e.